The van der Waals surface area contributed by atoms with Crippen LogP contribution in [0.25, 0.3) is 0 Å². The first-order chi connectivity index (χ1) is 14.1. The van der Waals surface area contributed by atoms with Gasteiger partial charge >= 0.3 is 0 Å². The molecule has 4 nitrogen and oxygen atoms in total. The Morgan fingerprint density at radius 1 is 1.10 bits per heavy atom. The Balaban J connectivity index is 0.00000136. The molecule has 0 spiro atoms. The van der Waals surface area contributed by atoms with Crippen molar-refractivity contribution in [3.63, 3.8) is 0 Å². The summed E-state index contributed by atoms with van der Waals surface area (Å²) in [5.41, 5.74) is 4.89. The molecule has 3 heterocycles. The molecule has 5 rings (SSSR count). The lowest BCUT2D eigenvalue weighted by molar-refractivity contribution is 0.512. The first-order valence-corrected chi connectivity index (χ1v) is 11.8. The lowest BCUT2D eigenvalue weighted by Crippen LogP contribution is -2.29. The number of nitrogens with one attached hydrogen (secondary N) is 1. The minimum Gasteiger partial charge on any atom is -0.335 e. The van der Waals surface area contributed by atoms with Gasteiger partial charge in [-0.3, -0.25) is 9.98 Å². The van der Waals surface area contributed by atoms with E-state index in [4.69, 9.17) is 9.98 Å². The van der Waals surface area contributed by atoms with Gasteiger partial charge in [0.25, 0.3) is 0 Å². The molecule has 31 heavy (non-hydrogen) atoms. The van der Waals surface area contributed by atoms with E-state index in [9.17, 15) is 0 Å². The lowest BCUT2D eigenvalue weighted by Gasteiger charge is -2.30. The van der Waals surface area contributed by atoms with E-state index < -0.39 is 0 Å². The zero-order chi connectivity index (χ0) is 19.8. The highest BCUT2D eigenvalue weighted by Crippen LogP contribution is 2.38. The van der Waals surface area contributed by atoms with Crippen LogP contribution in [0.2, 0.25) is 0 Å². The van der Waals surface area contributed by atoms with E-state index in [0.717, 1.165) is 34.7 Å². The normalized spacial score (nSPS) is 20.3. The Labute approximate surface area is 204 Å². The molecule has 3 aliphatic rings. The van der Waals surface area contributed by atoms with E-state index >= 15 is 0 Å². The Hall–Kier alpha value is -1.60. The van der Waals surface area contributed by atoms with Crippen molar-refractivity contribution >= 4 is 64.4 Å². The Kier molecular flexibility index (Phi) is 7.68. The van der Waals surface area contributed by atoms with Gasteiger partial charge in [-0.2, -0.15) is 0 Å². The van der Waals surface area contributed by atoms with Gasteiger partial charge in [0.15, 0.2) is 10.3 Å². The summed E-state index contributed by atoms with van der Waals surface area (Å²) >= 11 is 3.53. The van der Waals surface area contributed by atoms with Crippen LogP contribution in [0.4, 0.5) is 5.69 Å². The van der Waals surface area contributed by atoms with Crippen molar-refractivity contribution in [1.82, 2.24) is 4.90 Å². The van der Waals surface area contributed by atoms with Gasteiger partial charge in [0.1, 0.15) is 0 Å². The van der Waals surface area contributed by atoms with Gasteiger partial charge in [-0.1, -0.05) is 72.1 Å². The number of halogens is 2. The fraction of sp³-hybridized carbons (Fsp3) is 0.304. The molecule has 0 amide bonds. The molecule has 0 aliphatic carbocycles. The summed E-state index contributed by atoms with van der Waals surface area (Å²) in [5, 5.41) is 7.89. The van der Waals surface area contributed by atoms with Gasteiger partial charge in [0.05, 0.1) is 11.6 Å². The van der Waals surface area contributed by atoms with Crippen molar-refractivity contribution in [3.05, 3.63) is 76.8 Å². The number of anilines is 1. The third kappa shape index (κ3) is 5.08. The average Bonchev–Trinajstić information content (AvgIpc) is 3.27. The SMILES string of the molecule is CC1(C)N=C(SCC2=CSC3=NC(Cc4ccccc4)CN23)Nc2ccccc21.Cl.Cl. The van der Waals surface area contributed by atoms with Gasteiger partial charge in [-0.05, 0) is 37.3 Å². The maximum absolute atomic E-state index is 4.96. The summed E-state index contributed by atoms with van der Waals surface area (Å²) < 4.78 is 0. The van der Waals surface area contributed by atoms with Crippen LogP contribution in [0.1, 0.15) is 25.0 Å². The molecular formula is C23H26Cl2N4S2. The first kappa shape index (κ1) is 24.1. The van der Waals surface area contributed by atoms with Gasteiger partial charge in [0.2, 0.25) is 0 Å². The molecule has 1 atom stereocenters. The quantitative estimate of drug-likeness (QED) is 0.555. The number of thioether (sulfide) groups is 2. The van der Waals surface area contributed by atoms with Crippen LogP contribution in [0.15, 0.2) is 75.7 Å². The standard InChI is InChI=1S/C23H24N4S2.2ClH/c1-23(2)19-10-6-7-11-20(19)25-21(26-23)28-14-18-15-29-22-24-17(13-27(18)22)12-16-8-4-3-5-9-16;;/h3-11,15,17H,12-14H2,1-2H3,(H,25,26);2*1H. The minimum absolute atomic E-state index is 0. The van der Waals surface area contributed by atoms with E-state index in [2.05, 4.69) is 84.1 Å². The first-order valence-electron chi connectivity index (χ1n) is 9.93. The smallest absolute Gasteiger partial charge is 0.168 e. The molecule has 0 saturated heterocycles. The number of para-hydroxylation sites is 1. The summed E-state index contributed by atoms with van der Waals surface area (Å²) in [7, 11) is 0. The molecule has 1 N–H and O–H groups in total. The molecule has 2 aromatic carbocycles. The molecule has 0 fully saturated rings. The van der Waals surface area contributed by atoms with Gasteiger partial charge < -0.3 is 10.2 Å². The van der Waals surface area contributed by atoms with Gasteiger partial charge in [0, 0.05) is 29.2 Å². The number of hydrogen-bond acceptors (Lipinski definition) is 6. The van der Waals surface area contributed by atoms with Crippen LogP contribution in [-0.2, 0) is 12.0 Å². The van der Waals surface area contributed by atoms with Crippen LogP contribution in [0, 0.1) is 0 Å². The van der Waals surface area contributed by atoms with Gasteiger partial charge in [-0.15, -0.1) is 24.8 Å². The molecule has 3 aliphatic heterocycles. The fourth-order valence-corrected chi connectivity index (χ4v) is 6.06. The molecular weight excluding hydrogens is 467 g/mol. The summed E-state index contributed by atoms with van der Waals surface area (Å²) in [4.78, 5) is 12.3. The fourth-order valence-electron chi connectivity index (χ4n) is 3.98. The average molecular weight is 494 g/mol. The highest BCUT2D eigenvalue weighted by atomic mass is 35.5. The monoisotopic (exact) mass is 492 g/mol. The number of amidine groups is 2. The second-order valence-corrected chi connectivity index (χ2v) is 9.83. The summed E-state index contributed by atoms with van der Waals surface area (Å²) in [6.07, 6.45) is 1.00. The third-order valence-electron chi connectivity index (χ3n) is 5.44. The predicted molar refractivity (Wildman–Crippen MR) is 141 cm³/mol. The van der Waals surface area contributed by atoms with Crippen LogP contribution in [0.5, 0.6) is 0 Å². The second kappa shape index (κ2) is 9.90. The largest absolute Gasteiger partial charge is 0.335 e. The maximum Gasteiger partial charge on any atom is 0.168 e. The number of fused-ring (bicyclic) bond motifs is 2. The highest BCUT2D eigenvalue weighted by Gasteiger charge is 2.33. The number of rotatable bonds is 4. The van der Waals surface area contributed by atoms with Crippen molar-refractivity contribution in [1.29, 1.82) is 0 Å². The van der Waals surface area contributed by atoms with E-state index in [-0.39, 0.29) is 30.4 Å². The number of nitrogens with zero attached hydrogens (tertiary/aromatic N) is 3. The Bertz CT molecular complexity index is 1020. The van der Waals surface area contributed by atoms with Crippen molar-refractivity contribution in [2.45, 2.75) is 31.8 Å². The summed E-state index contributed by atoms with van der Waals surface area (Å²) in [6, 6.07) is 19.4. The summed E-state index contributed by atoms with van der Waals surface area (Å²) in [6.45, 7) is 5.33. The predicted octanol–water partition coefficient (Wildman–Crippen LogP) is 6.15. The van der Waals surface area contributed by atoms with Crippen LogP contribution in [0.3, 0.4) is 0 Å². The van der Waals surface area contributed by atoms with Gasteiger partial charge in [-0.25, -0.2) is 0 Å². The number of hydrogen-bond donors (Lipinski definition) is 1. The molecule has 0 aromatic heterocycles. The minimum atomic E-state index is -0.204. The lowest BCUT2D eigenvalue weighted by atomic mass is 9.92. The summed E-state index contributed by atoms with van der Waals surface area (Å²) in [5.74, 6) is 0.897. The molecule has 164 valence electrons. The molecule has 0 radical (unpaired) electrons. The van der Waals surface area contributed by atoms with E-state index in [1.165, 1.54) is 16.8 Å². The van der Waals surface area contributed by atoms with E-state index in [0.29, 0.717) is 6.04 Å². The van der Waals surface area contributed by atoms with Crippen molar-refractivity contribution in [2.24, 2.45) is 9.98 Å². The second-order valence-electron chi connectivity index (χ2n) is 8.03. The molecule has 1 unspecified atom stereocenters. The third-order valence-corrected chi connectivity index (χ3v) is 7.28. The van der Waals surface area contributed by atoms with Crippen molar-refractivity contribution in [2.75, 3.05) is 17.6 Å². The number of benzene rings is 2. The van der Waals surface area contributed by atoms with Crippen LogP contribution < -0.4 is 5.32 Å². The van der Waals surface area contributed by atoms with Crippen molar-refractivity contribution in [3.8, 4) is 0 Å². The molecule has 2 aromatic rings. The molecule has 8 heteroatoms. The van der Waals surface area contributed by atoms with Crippen LogP contribution in [-0.4, -0.2) is 33.6 Å². The van der Waals surface area contributed by atoms with Crippen molar-refractivity contribution < 1.29 is 0 Å². The maximum atomic E-state index is 4.96. The Morgan fingerprint density at radius 2 is 1.84 bits per heavy atom. The van der Waals surface area contributed by atoms with E-state index in [1.807, 2.05) is 0 Å². The number of aliphatic imine (C=N–C) groups is 2. The highest BCUT2D eigenvalue weighted by molar-refractivity contribution is 8.17. The Morgan fingerprint density at radius 3 is 2.65 bits per heavy atom. The zero-order valence-corrected chi connectivity index (χ0v) is 20.7. The topological polar surface area (TPSA) is 40.0 Å². The molecule has 0 bridgehead atoms. The van der Waals surface area contributed by atoms with E-state index in [1.54, 1.807) is 23.5 Å². The van der Waals surface area contributed by atoms with Crippen LogP contribution >= 0.6 is 48.3 Å². The molecule has 0 saturated carbocycles. The zero-order valence-electron chi connectivity index (χ0n) is 17.4.